The molecule has 3 rings (SSSR count). The summed E-state index contributed by atoms with van der Waals surface area (Å²) in [6.45, 7) is 5.12. The number of carbonyl (C=O) groups is 1. The lowest BCUT2D eigenvalue weighted by molar-refractivity contribution is 0.198. The van der Waals surface area contributed by atoms with Crippen molar-refractivity contribution in [3.63, 3.8) is 0 Å². The zero-order valence-electron chi connectivity index (χ0n) is 16.7. The molecule has 0 aliphatic carbocycles. The maximum absolute atomic E-state index is 14.2. The number of nitrogens with zero attached hydrogens (tertiary/aromatic N) is 2. The fourth-order valence-electron chi connectivity index (χ4n) is 4.02. The molecule has 0 unspecified atom stereocenters. The molecule has 1 heterocycles. The summed E-state index contributed by atoms with van der Waals surface area (Å²) in [6.07, 6.45) is 6.25. The van der Waals surface area contributed by atoms with Crippen molar-refractivity contribution >= 4 is 50.4 Å². The van der Waals surface area contributed by atoms with E-state index in [-0.39, 0.29) is 16.5 Å². The molecule has 6 heteroatoms. The second kappa shape index (κ2) is 9.31. The molecule has 1 aliphatic rings. The zero-order valence-corrected chi connectivity index (χ0v) is 18.3. The normalized spacial score (nSPS) is 18.0. The van der Waals surface area contributed by atoms with E-state index in [1.165, 1.54) is 17.8 Å². The van der Waals surface area contributed by atoms with Gasteiger partial charge >= 0.3 is 0 Å². The molecule has 0 bridgehead atoms. The minimum Gasteiger partial charge on any atom is -0.281 e. The van der Waals surface area contributed by atoms with Crippen molar-refractivity contribution < 1.29 is 9.18 Å². The van der Waals surface area contributed by atoms with E-state index < -0.39 is 0 Å². The van der Waals surface area contributed by atoms with Crippen LogP contribution in [-0.4, -0.2) is 33.9 Å². The minimum atomic E-state index is -0.252. The number of rotatable bonds is 5. The molecule has 0 aromatic heterocycles. The molecule has 0 atom stereocenters. The molecule has 0 radical (unpaired) electrons. The summed E-state index contributed by atoms with van der Waals surface area (Å²) >= 11 is 2.88. The van der Waals surface area contributed by atoms with Gasteiger partial charge in [0.05, 0.1) is 5.69 Å². The Bertz CT molecular complexity index is 878. The third-order valence-electron chi connectivity index (χ3n) is 5.25. The number of amides is 1. The first-order valence-corrected chi connectivity index (χ1v) is 12.0. The number of halogens is 1. The molecule has 2 aromatic carbocycles. The van der Waals surface area contributed by atoms with E-state index in [9.17, 15) is 9.18 Å². The highest BCUT2D eigenvalue weighted by molar-refractivity contribution is 8.15. The molecule has 150 valence electrons. The van der Waals surface area contributed by atoms with Crippen LogP contribution in [0.2, 0.25) is 0 Å². The van der Waals surface area contributed by atoms with Crippen LogP contribution in [0.15, 0.2) is 41.4 Å². The summed E-state index contributed by atoms with van der Waals surface area (Å²) in [4.78, 5) is 19.4. The summed E-state index contributed by atoms with van der Waals surface area (Å²) in [5.41, 5.74) is 0.848. The minimum absolute atomic E-state index is 0.0222. The van der Waals surface area contributed by atoms with Crippen LogP contribution >= 0.6 is 23.5 Å². The van der Waals surface area contributed by atoms with Crippen LogP contribution in [0.1, 0.15) is 39.5 Å². The topological polar surface area (TPSA) is 32.7 Å². The largest absolute Gasteiger partial charge is 0.287 e. The molecule has 1 saturated heterocycles. The molecule has 0 saturated carbocycles. The second-order valence-corrected chi connectivity index (χ2v) is 9.05. The highest BCUT2D eigenvalue weighted by Crippen LogP contribution is 2.41. The molecule has 1 aliphatic heterocycles. The Morgan fingerprint density at radius 2 is 1.86 bits per heavy atom. The number of amidine groups is 1. The highest BCUT2D eigenvalue weighted by atomic mass is 32.2. The summed E-state index contributed by atoms with van der Waals surface area (Å²) in [7, 11) is 0. The lowest BCUT2D eigenvalue weighted by Gasteiger charge is -2.42. The number of hydrogen-bond donors (Lipinski definition) is 0. The van der Waals surface area contributed by atoms with E-state index in [1.807, 2.05) is 29.4 Å². The first-order valence-electron chi connectivity index (χ1n) is 9.78. The maximum atomic E-state index is 14.2. The third-order valence-corrected chi connectivity index (χ3v) is 7.15. The van der Waals surface area contributed by atoms with Crippen molar-refractivity contribution in [3.8, 4) is 0 Å². The van der Waals surface area contributed by atoms with E-state index in [2.05, 4.69) is 13.8 Å². The summed E-state index contributed by atoms with van der Waals surface area (Å²) in [5, 5.41) is 2.07. The Balaban J connectivity index is 2.01. The van der Waals surface area contributed by atoms with Crippen LogP contribution in [0.25, 0.3) is 10.8 Å². The van der Waals surface area contributed by atoms with Gasteiger partial charge in [0.15, 0.2) is 5.17 Å². The predicted octanol–water partition coefficient (Wildman–Crippen LogP) is 7.08. The van der Waals surface area contributed by atoms with E-state index in [0.29, 0.717) is 17.6 Å². The van der Waals surface area contributed by atoms with Crippen LogP contribution in [0.4, 0.5) is 14.9 Å². The van der Waals surface area contributed by atoms with Crippen LogP contribution < -0.4 is 0 Å². The van der Waals surface area contributed by atoms with Crippen LogP contribution in [0.5, 0.6) is 0 Å². The van der Waals surface area contributed by atoms with Gasteiger partial charge in [-0.2, -0.15) is 0 Å². The Kier molecular flexibility index (Phi) is 7.05. The van der Waals surface area contributed by atoms with Crippen molar-refractivity contribution in [1.29, 1.82) is 0 Å². The molecule has 0 N–H and O–H groups in total. The number of benzene rings is 2. The number of hydrogen-bond acceptors (Lipinski definition) is 4. The smallest absolute Gasteiger partial charge is 0.281 e. The molecular weight excluding hydrogens is 391 g/mol. The predicted molar refractivity (Wildman–Crippen MR) is 121 cm³/mol. The van der Waals surface area contributed by atoms with Gasteiger partial charge in [-0.15, -0.1) is 0 Å². The number of fused-ring (bicyclic) bond motifs is 1. The molecular formula is C22H27FN2OS2. The van der Waals surface area contributed by atoms with Gasteiger partial charge in [0.25, 0.3) is 5.24 Å². The average molecular weight is 419 g/mol. The maximum Gasteiger partial charge on any atom is 0.287 e. The van der Waals surface area contributed by atoms with Gasteiger partial charge in [-0.1, -0.05) is 74.5 Å². The van der Waals surface area contributed by atoms with Crippen molar-refractivity contribution in [1.82, 2.24) is 4.90 Å². The lowest BCUT2D eigenvalue weighted by atomic mass is 9.80. The van der Waals surface area contributed by atoms with Crippen LogP contribution in [-0.2, 0) is 0 Å². The monoisotopic (exact) mass is 418 g/mol. The molecule has 0 spiro atoms. The molecule has 3 nitrogen and oxygen atoms in total. The van der Waals surface area contributed by atoms with Crippen molar-refractivity contribution in [2.45, 2.75) is 39.5 Å². The lowest BCUT2D eigenvalue weighted by Crippen LogP contribution is -2.48. The molecule has 1 fully saturated rings. The fraction of sp³-hybridized carbons (Fsp3) is 0.455. The third kappa shape index (κ3) is 4.38. The fourth-order valence-corrected chi connectivity index (χ4v) is 5.74. The van der Waals surface area contributed by atoms with Gasteiger partial charge in [-0.25, -0.2) is 9.38 Å². The van der Waals surface area contributed by atoms with Crippen LogP contribution in [0.3, 0.4) is 0 Å². The summed E-state index contributed by atoms with van der Waals surface area (Å²) in [5.74, 6) is 0.711. The first-order chi connectivity index (χ1) is 13.5. The Morgan fingerprint density at radius 1 is 1.18 bits per heavy atom. The van der Waals surface area contributed by atoms with Crippen molar-refractivity contribution in [2.24, 2.45) is 10.4 Å². The summed E-state index contributed by atoms with van der Waals surface area (Å²) < 4.78 is 14.2. The second-order valence-electron chi connectivity index (χ2n) is 7.35. The molecule has 2 aromatic rings. The van der Waals surface area contributed by atoms with Gasteiger partial charge in [0.1, 0.15) is 5.82 Å². The van der Waals surface area contributed by atoms with E-state index in [1.54, 1.807) is 23.9 Å². The van der Waals surface area contributed by atoms with Crippen molar-refractivity contribution in [3.05, 3.63) is 42.2 Å². The Hall–Kier alpha value is -1.53. The Morgan fingerprint density at radius 3 is 2.50 bits per heavy atom. The molecule has 28 heavy (non-hydrogen) atoms. The van der Waals surface area contributed by atoms with Gasteiger partial charge in [-0.3, -0.25) is 9.69 Å². The Labute approximate surface area is 175 Å². The van der Waals surface area contributed by atoms with E-state index in [0.717, 1.165) is 42.0 Å². The molecule has 1 amide bonds. The van der Waals surface area contributed by atoms with Gasteiger partial charge in [-0.05, 0) is 36.6 Å². The summed E-state index contributed by atoms with van der Waals surface area (Å²) in [6, 6.07) is 10.5. The quantitative estimate of drug-likeness (QED) is 0.520. The number of aliphatic imine (C=N–C) groups is 1. The van der Waals surface area contributed by atoms with Crippen LogP contribution in [0, 0.1) is 11.2 Å². The van der Waals surface area contributed by atoms with Crippen molar-refractivity contribution in [2.75, 3.05) is 18.6 Å². The van der Waals surface area contributed by atoms with Gasteiger partial charge in [0.2, 0.25) is 0 Å². The standard InChI is InChI=1S/C22H27FN2OS2/c1-4-12-22(13-5-2)14-25(21(26)27-3)20(28-15-22)24-19-11-10-18(23)16-8-6-7-9-17(16)19/h6-11H,4-5,12-15H2,1-3H3. The highest BCUT2D eigenvalue weighted by Gasteiger charge is 2.39. The first kappa shape index (κ1) is 21.2. The number of thioether (sulfide) groups is 2. The average Bonchev–Trinajstić information content (AvgIpc) is 2.71. The zero-order chi connectivity index (χ0) is 20.1. The van der Waals surface area contributed by atoms with E-state index in [4.69, 9.17) is 4.99 Å². The number of carbonyl (C=O) groups excluding carboxylic acids is 1. The van der Waals surface area contributed by atoms with E-state index >= 15 is 0 Å². The van der Waals surface area contributed by atoms with Gasteiger partial charge < -0.3 is 0 Å². The SMILES string of the molecule is CCCC1(CCC)CSC(=Nc2ccc(F)c3ccccc23)N(C(=O)SC)C1. The van der Waals surface area contributed by atoms with Gasteiger partial charge in [0, 0.05) is 23.1 Å².